The fraction of sp³-hybridized carbons (Fsp3) is 0.615. The molecule has 0 unspecified atom stereocenters. The zero-order chi connectivity index (χ0) is 14.7. The molecule has 0 bridgehead atoms. The normalized spacial score (nSPS) is 16.8. The Balaban J connectivity index is 2.00. The fourth-order valence-corrected chi connectivity index (χ4v) is 2.64. The fourth-order valence-electron chi connectivity index (χ4n) is 2.32. The van der Waals surface area contributed by atoms with Crippen LogP contribution in [-0.2, 0) is 0 Å². The zero-order valence-corrected chi connectivity index (χ0v) is 13.2. The second-order valence-corrected chi connectivity index (χ2v) is 6.10. The molecule has 20 heavy (non-hydrogen) atoms. The molecule has 0 radical (unpaired) electrons. The zero-order valence-electron chi connectivity index (χ0n) is 11.6. The standard InChI is InChI=1S/C13H18Cl2N4O/c1-9(2)8-18-3-5-19(6-4-18)13(20)10-7-11(14)16-17-12(10)15/h7,9H,3-6,8H2,1-2H3. The molecule has 0 spiro atoms. The first-order valence-corrected chi connectivity index (χ1v) is 7.43. The molecule has 1 aliphatic heterocycles. The number of hydrogen-bond acceptors (Lipinski definition) is 4. The molecule has 1 aromatic rings. The van der Waals surface area contributed by atoms with Gasteiger partial charge in [-0.2, -0.15) is 0 Å². The first kappa shape index (κ1) is 15.5. The Hall–Kier alpha value is -0.910. The molecule has 2 rings (SSSR count). The number of amides is 1. The predicted octanol–water partition coefficient (Wildman–Crippen LogP) is 2.20. The van der Waals surface area contributed by atoms with Crippen molar-refractivity contribution in [1.29, 1.82) is 0 Å². The summed E-state index contributed by atoms with van der Waals surface area (Å²) in [5, 5.41) is 7.57. The number of hydrogen-bond donors (Lipinski definition) is 0. The van der Waals surface area contributed by atoms with E-state index in [4.69, 9.17) is 23.2 Å². The Morgan fingerprint density at radius 1 is 1.25 bits per heavy atom. The maximum Gasteiger partial charge on any atom is 0.257 e. The van der Waals surface area contributed by atoms with E-state index in [1.54, 1.807) is 4.90 Å². The molecule has 1 aromatic heterocycles. The molecule has 0 N–H and O–H groups in total. The van der Waals surface area contributed by atoms with Crippen molar-refractivity contribution >= 4 is 29.1 Å². The monoisotopic (exact) mass is 316 g/mol. The number of piperazine rings is 1. The summed E-state index contributed by atoms with van der Waals surface area (Å²) in [6.45, 7) is 8.61. The number of rotatable bonds is 3. The van der Waals surface area contributed by atoms with Crippen molar-refractivity contribution in [2.75, 3.05) is 32.7 Å². The van der Waals surface area contributed by atoms with Gasteiger partial charge in [-0.15, -0.1) is 10.2 Å². The van der Waals surface area contributed by atoms with Crippen molar-refractivity contribution in [1.82, 2.24) is 20.0 Å². The molecule has 2 heterocycles. The predicted molar refractivity (Wildman–Crippen MR) is 79.2 cm³/mol. The Kier molecular flexibility index (Phi) is 5.18. The molecular weight excluding hydrogens is 299 g/mol. The van der Waals surface area contributed by atoms with Gasteiger partial charge in [0.2, 0.25) is 0 Å². The SMILES string of the molecule is CC(C)CN1CCN(C(=O)c2cc(Cl)nnc2Cl)CC1. The van der Waals surface area contributed by atoms with Gasteiger partial charge in [0.25, 0.3) is 5.91 Å². The van der Waals surface area contributed by atoms with Gasteiger partial charge in [0.05, 0.1) is 5.56 Å². The van der Waals surface area contributed by atoms with Crippen LogP contribution >= 0.6 is 23.2 Å². The van der Waals surface area contributed by atoms with Crippen molar-refractivity contribution in [3.8, 4) is 0 Å². The Bertz CT molecular complexity index is 487. The lowest BCUT2D eigenvalue weighted by atomic mass is 10.2. The van der Waals surface area contributed by atoms with Crippen LogP contribution in [0.15, 0.2) is 6.07 Å². The highest BCUT2D eigenvalue weighted by Crippen LogP contribution is 2.18. The van der Waals surface area contributed by atoms with E-state index < -0.39 is 0 Å². The highest BCUT2D eigenvalue weighted by Gasteiger charge is 2.24. The second-order valence-electron chi connectivity index (χ2n) is 5.36. The molecule has 0 saturated carbocycles. The average Bonchev–Trinajstić information content (AvgIpc) is 2.41. The summed E-state index contributed by atoms with van der Waals surface area (Å²) in [6.07, 6.45) is 0. The van der Waals surface area contributed by atoms with Gasteiger partial charge in [-0.25, -0.2) is 0 Å². The van der Waals surface area contributed by atoms with Crippen LogP contribution in [0.5, 0.6) is 0 Å². The van der Waals surface area contributed by atoms with Crippen LogP contribution in [0.3, 0.4) is 0 Å². The van der Waals surface area contributed by atoms with Crippen LogP contribution in [0.2, 0.25) is 10.3 Å². The van der Waals surface area contributed by atoms with Crippen LogP contribution in [0, 0.1) is 5.92 Å². The maximum atomic E-state index is 12.4. The van der Waals surface area contributed by atoms with Gasteiger partial charge < -0.3 is 4.90 Å². The van der Waals surface area contributed by atoms with Crippen LogP contribution in [0.4, 0.5) is 0 Å². The number of aromatic nitrogens is 2. The molecule has 1 aliphatic rings. The number of carbonyl (C=O) groups is 1. The summed E-state index contributed by atoms with van der Waals surface area (Å²) in [5.74, 6) is 0.505. The minimum atomic E-state index is -0.129. The Labute approximate surface area is 128 Å². The summed E-state index contributed by atoms with van der Waals surface area (Å²) < 4.78 is 0. The lowest BCUT2D eigenvalue weighted by Crippen LogP contribution is -2.49. The summed E-state index contributed by atoms with van der Waals surface area (Å²) >= 11 is 11.7. The molecule has 7 heteroatoms. The average molecular weight is 317 g/mol. The lowest BCUT2D eigenvalue weighted by Gasteiger charge is -2.35. The van der Waals surface area contributed by atoms with Crippen LogP contribution < -0.4 is 0 Å². The largest absolute Gasteiger partial charge is 0.336 e. The van der Waals surface area contributed by atoms with Crippen LogP contribution in [0.1, 0.15) is 24.2 Å². The highest BCUT2D eigenvalue weighted by atomic mass is 35.5. The van der Waals surface area contributed by atoms with E-state index >= 15 is 0 Å². The molecule has 1 fully saturated rings. The van der Waals surface area contributed by atoms with Gasteiger partial charge >= 0.3 is 0 Å². The molecule has 1 saturated heterocycles. The first-order chi connectivity index (χ1) is 9.47. The quantitative estimate of drug-likeness (QED) is 0.857. The van der Waals surface area contributed by atoms with Crippen molar-refractivity contribution in [2.45, 2.75) is 13.8 Å². The van der Waals surface area contributed by atoms with Gasteiger partial charge in [0.1, 0.15) is 0 Å². The third-order valence-corrected chi connectivity index (χ3v) is 3.70. The summed E-state index contributed by atoms with van der Waals surface area (Å²) in [7, 11) is 0. The van der Waals surface area contributed by atoms with E-state index in [-0.39, 0.29) is 16.2 Å². The minimum absolute atomic E-state index is 0.101. The van der Waals surface area contributed by atoms with Crippen LogP contribution in [0.25, 0.3) is 0 Å². The maximum absolute atomic E-state index is 12.4. The third kappa shape index (κ3) is 3.81. The number of nitrogens with zero attached hydrogens (tertiary/aromatic N) is 4. The van der Waals surface area contributed by atoms with Crippen molar-refractivity contribution in [3.63, 3.8) is 0 Å². The smallest absolute Gasteiger partial charge is 0.257 e. The Morgan fingerprint density at radius 2 is 1.90 bits per heavy atom. The molecule has 0 atom stereocenters. The van der Waals surface area contributed by atoms with Gasteiger partial charge in [-0.05, 0) is 12.0 Å². The summed E-state index contributed by atoms with van der Waals surface area (Å²) in [4.78, 5) is 16.6. The van der Waals surface area contributed by atoms with Crippen molar-refractivity contribution < 1.29 is 4.79 Å². The van der Waals surface area contributed by atoms with E-state index in [1.165, 1.54) is 6.07 Å². The minimum Gasteiger partial charge on any atom is -0.336 e. The van der Waals surface area contributed by atoms with E-state index in [0.29, 0.717) is 24.6 Å². The van der Waals surface area contributed by atoms with E-state index in [0.717, 1.165) is 19.6 Å². The lowest BCUT2D eigenvalue weighted by molar-refractivity contribution is 0.0623. The van der Waals surface area contributed by atoms with Crippen molar-refractivity contribution in [2.24, 2.45) is 5.92 Å². The first-order valence-electron chi connectivity index (χ1n) is 6.67. The van der Waals surface area contributed by atoms with Crippen LogP contribution in [-0.4, -0.2) is 58.6 Å². The molecular formula is C13H18Cl2N4O. The van der Waals surface area contributed by atoms with Gasteiger partial charge in [-0.3, -0.25) is 9.69 Å². The highest BCUT2D eigenvalue weighted by molar-refractivity contribution is 6.34. The van der Waals surface area contributed by atoms with E-state index in [2.05, 4.69) is 28.9 Å². The second kappa shape index (κ2) is 6.70. The third-order valence-electron chi connectivity index (χ3n) is 3.23. The molecule has 1 amide bonds. The van der Waals surface area contributed by atoms with Gasteiger partial charge in [0, 0.05) is 32.7 Å². The molecule has 0 aromatic carbocycles. The van der Waals surface area contributed by atoms with Crippen molar-refractivity contribution in [3.05, 3.63) is 21.9 Å². The summed E-state index contributed by atoms with van der Waals surface area (Å²) in [6, 6.07) is 1.47. The number of carbonyl (C=O) groups excluding carboxylic acids is 1. The molecule has 5 nitrogen and oxygen atoms in total. The van der Waals surface area contributed by atoms with Gasteiger partial charge in [-0.1, -0.05) is 37.0 Å². The molecule has 0 aliphatic carbocycles. The number of halogens is 2. The Morgan fingerprint density at radius 3 is 2.50 bits per heavy atom. The topological polar surface area (TPSA) is 49.3 Å². The van der Waals surface area contributed by atoms with E-state index in [9.17, 15) is 4.79 Å². The van der Waals surface area contributed by atoms with E-state index in [1.807, 2.05) is 0 Å². The summed E-state index contributed by atoms with van der Waals surface area (Å²) in [5.41, 5.74) is 0.323. The molecule has 110 valence electrons. The van der Waals surface area contributed by atoms with Gasteiger partial charge in [0.15, 0.2) is 10.3 Å².